The van der Waals surface area contributed by atoms with Gasteiger partial charge in [-0.1, -0.05) is 13.5 Å². The lowest BCUT2D eigenvalue weighted by molar-refractivity contribution is -0.116. The Morgan fingerprint density at radius 3 is 2.81 bits per heavy atom. The first kappa shape index (κ1) is 17.9. The molecule has 0 aliphatic carbocycles. The quantitative estimate of drug-likeness (QED) is 0.782. The van der Waals surface area contributed by atoms with Crippen molar-refractivity contribution >= 4 is 28.5 Å². The summed E-state index contributed by atoms with van der Waals surface area (Å²) in [6.07, 6.45) is 3.03. The monoisotopic (exact) mass is 369 g/mol. The number of rotatable bonds is 6. The summed E-state index contributed by atoms with van der Waals surface area (Å²) in [5, 5.41) is 2.87. The van der Waals surface area contributed by atoms with Gasteiger partial charge >= 0.3 is 0 Å². The maximum absolute atomic E-state index is 11.3. The molecule has 0 spiro atoms. The predicted molar refractivity (Wildman–Crippen MR) is 107 cm³/mol. The lowest BCUT2D eigenvalue weighted by Gasteiger charge is -2.41. The van der Waals surface area contributed by atoms with Crippen LogP contribution in [-0.2, 0) is 4.79 Å². The van der Waals surface area contributed by atoms with E-state index in [2.05, 4.69) is 39.6 Å². The first-order chi connectivity index (χ1) is 13.2. The van der Waals surface area contributed by atoms with Crippen LogP contribution in [0, 0.1) is 5.92 Å². The maximum Gasteiger partial charge on any atom is 0.243 e. The van der Waals surface area contributed by atoms with Gasteiger partial charge in [0.25, 0.3) is 0 Å². The first-order valence-electron chi connectivity index (χ1n) is 9.68. The summed E-state index contributed by atoms with van der Waals surface area (Å²) in [6.45, 7) is 13.4. The van der Waals surface area contributed by atoms with Gasteiger partial charge in [0.1, 0.15) is 11.3 Å². The van der Waals surface area contributed by atoms with Crippen LogP contribution in [-0.4, -0.2) is 68.1 Å². The number of likely N-dealkylation sites (N-methyl/N-ethyl adjacent to an activating group) is 1. The first-order valence-corrected chi connectivity index (χ1v) is 9.68. The second kappa shape index (κ2) is 7.60. The Hall–Kier alpha value is -2.54. The Balaban J connectivity index is 1.47. The van der Waals surface area contributed by atoms with Gasteiger partial charge in [-0.05, 0) is 12.6 Å². The molecule has 2 aliphatic heterocycles. The van der Waals surface area contributed by atoms with Crippen LogP contribution in [0.15, 0.2) is 35.5 Å². The topological polar surface area (TPSA) is 64.9 Å². The molecule has 27 heavy (non-hydrogen) atoms. The molecule has 4 heterocycles. The van der Waals surface area contributed by atoms with Crippen LogP contribution < -0.4 is 15.1 Å². The van der Waals surface area contributed by atoms with E-state index in [1.54, 1.807) is 6.26 Å². The zero-order valence-electron chi connectivity index (χ0n) is 15.9. The number of carbonyl (C=O) groups is 1. The number of aromatic nitrogens is 1. The smallest absolute Gasteiger partial charge is 0.243 e. The highest BCUT2D eigenvalue weighted by molar-refractivity contribution is 5.89. The largest absolute Gasteiger partial charge is 0.460 e. The summed E-state index contributed by atoms with van der Waals surface area (Å²) in [7, 11) is 0. The van der Waals surface area contributed by atoms with Crippen LogP contribution in [0.2, 0.25) is 0 Å². The van der Waals surface area contributed by atoms with E-state index >= 15 is 0 Å². The van der Waals surface area contributed by atoms with E-state index < -0.39 is 0 Å². The van der Waals surface area contributed by atoms with Crippen molar-refractivity contribution in [3.8, 4) is 0 Å². The van der Waals surface area contributed by atoms with E-state index in [1.165, 1.54) is 6.08 Å². The number of fused-ring (bicyclic) bond motifs is 1. The Kier molecular flexibility index (Phi) is 5.03. The molecule has 0 aromatic carbocycles. The highest BCUT2D eigenvalue weighted by Crippen LogP contribution is 2.33. The number of pyridine rings is 1. The van der Waals surface area contributed by atoms with Crippen molar-refractivity contribution in [2.75, 3.05) is 62.2 Å². The fourth-order valence-corrected chi connectivity index (χ4v) is 3.83. The van der Waals surface area contributed by atoms with Gasteiger partial charge in [-0.2, -0.15) is 0 Å². The molecule has 2 fully saturated rings. The summed E-state index contributed by atoms with van der Waals surface area (Å²) in [5.41, 5.74) is 2.92. The minimum absolute atomic E-state index is 0.111. The Labute approximate surface area is 159 Å². The molecule has 1 N–H and O–H groups in total. The van der Waals surface area contributed by atoms with E-state index in [0.29, 0.717) is 12.5 Å². The van der Waals surface area contributed by atoms with Gasteiger partial charge in [0, 0.05) is 63.9 Å². The molecule has 2 aromatic rings. The summed E-state index contributed by atoms with van der Waals surface area (Å²) in [4.78, 5) is 23.2. The number of nitrogens with one attached hydrogen (secondary N) is 1. The predicted octanol–water partition coefficient (Wildman–Crippen LogP) is 1.71. The molecule has 7 heteroatoms. The normalized spacial score (nSPS) is 18.6. The molecule has 2 saturated heterocycles. The average Bonchev–Trinajstić information content (AvgIpc) is 3.14. The molecule has 1 amide bonds. The molecule has 0 radical (unpaired) electrons. The van der Waals surface area contributed by atoms with Crippen LogP contribution in [0.4, 0.5) is 11.5 Å². The van der Waals surface area contributed by atoms with E-state index in [9.17, 15) is 4.79 Å². The van der Waals surface area contributed by atoms with Gasteiger partial charge in [0.05, 0.1) is 12.0 Å². The number of carbonyl (C=O) groups excluding carboxylic acids is 1. The lowest BCUT2D eigenvalue weighted by Crippen LogP contribution is -2.51. The van der Waals surface area contributed by atoms with Crippen LogP contribution in [0.1, 0.15) is 6.92 Å². The number of piperazine rings is 1. The zero-order chi connectivity index (χ0) is 18.8. The van der Waals surface area contributed by atoms with Crippen molar-refractivity contribution in [2.24, 2.45) is 5.92 Å². The highest BCUT2D eigenvalue weighted by atomic mass is 16.3. The SMILES string of the molecule is C=CC(=O)NCC1CN(c2cc(N3CCN(CC)CC3)c3occc3n2)C1. The van der Waals surface area contributed by atoms with Gasteiger partial charge < -0.3 is 24.4 Å². The molecular formula is C20H27N5O2. The van der Waals surface area contributed by atoms with E-state index in [0.717, 1.165) is 68.4 Å². The number of hydrogen-bond acceptors (Lipinski definition) is 6. The van der Waals surface area contributed by atoms with Crippen molar-refractivity contribution < 1.29 is 9.21 Å². The summed E-state index contributed by atoms with van der Waals surface area (Å²) in [6, 6.07) is 4.10. The Morgan fingerprint density at radius 1 is 1.33 bits per heavy atom. The van der Waals surface area contributed by atoms with Crippen molar-refractivity contribution in [1.82, 2.24) is 15.2 Å². The second-order valence-electron chi connectivity index (χ2n) is 7.28. The molecule has 0 atom stereocenters. The van der Waals surface area contributed by atoms with Crippen molar-refractivity contribution in [1.29, 1.82) is 0 Å². The van der Waals surface area contributed by atoms with Gasteiger partial charge in [-0.15, -0.1) is 0 Å². The zero-order valence-corrected chi connectivity index (χ0v) is 15.9. The van der Waals surface area contributed by atoms with Crippen LogP contribution >= 0.6 is 0 Å². The molecule has 144 valence electrons. The third-order valence-electron chi connectivity index (χ3n) is 5.57. The Morgan fingerprint density at radius 2 is 2.11 bits per heavy atom. The summed E-state index contributed by atoms with van der Waals surface area (Å²) < 4.78 is 5.75. The molecule has 2 aromatic heterocycles. The van der Waals surface area contributed by atoms with Crippen LogP contribution in [0.3, 0.4) is 0 Å². The average molecular weight is 369 g/mol. The summed E-state index contributed by atoms with van der Waals surface area (Å²) >= 11 is 0. The second-order valence-corrected chi connectivity index (χ2v) is 7.28. The van der Waals surface area contributed by atoms with Crippen LogP contribution in [0.5, 0.6) is 0 Å². The van der Waals surface area contributed by atoms with Gasteiger partial charge in [-0.25, -0.2) is 4.98 Å². The molecule has 2 aliphatic rings. The number of amides is 1. The number of furan rings is 1. The molecule has 0 bridgehead atoms. The van der Waals surface area contributed by atoms with Crippen molar-refractivity contribution in [3.05, 3.63) is 31.1 Å². The molecule has 0 saturated carbocycles. The summed E-state index contributed by atoms with van der Waals surface area (Å²) in [5.74, 6) is 1.33. The fourth-order valence-electron chi connectivity index (χ4n) is 3.83. The maximum atomic E-state index is 11.3. The third kappa shape index (κ3) is 3.64. The molecule has 7 nitrogen and oxygen atoms in total. The minimum Gasteiger partial charge on any atom is -0.460 e. The Bertz CT molecular complexity index is 819. The standard InChI is InChI=1S/C20H27N5O2/c1-3-19(26)21-12-15-13-25(14-15)18-11-17(20-16(22-18)5-10-27-20)24-8-6-23(4-2)7-9-24/h3,5,10-11,15H,1,4,6-9,12-14H2,2H3,(H,21,26). The third-order valence-corrected chi connectivity index (χ3v) is 5.57. The highest BCUT2D eigenvalue weighted by Gasteiger charge is 2.29. The van der Waals surface area contributed by atoms with Gasteiger partial charge in [-0.3, -0.25) is 4.79 Å². The van der Waals surface area contributed by atoms with Gasteiger partial charge in [0.15, 0.2) is 5.58 Å². The molecule has 4 rings (SSSR count). The van der Waals surface area contributed by atoms with E-state index in [4.69, 9.17) is 9.40 Å². The molecular weight excluding hydrogens is 342 g/mol. The minimum atomic E-state index is -0.111. The fraction of sp³-hybridized carbons (Fsp3) is 0.500. The van der Waals surface area contributed by atoms with Gasteiger partial charge in [0.2, 0.25) is 5.91 Å². The number of hydrogen-bond donors (Lipinski definition) is 1. The lowest BCUT2D eigenvalue weighted by atomic mass is 10.00. The van der Waals surface area contributed by atoms with Crippen LogP contribution in [0.25, 0.3) is 11.1 Å². The molecule has 0 unspecified atom stereocenters. The van der Waals surface area contributed by atoms with Crippen molar-refractivity contribution in [2.45, 2.75) is 6.92 Å². The number of nitrogens with zero attached hydrogens (tertiary/aromatic N) is 4. The van der Waals surface area contributed by atoms with E-state index in [-0.39, 0.29) is 5.91 Å². The van der Waals surface area contributed by atoms with Crippen molar-refractivity contribution in [3.63, 3.8) is 0 Å². The van der Waals surface area contributed by atoms with E-state index in [1.807, 2.05) is 6.07 Å². The number of anilines is 2.